The number of esters is 1. The maximum Gasteiger partial charge on any atom is 0.330 e. The molecule has 0 aromatic carbocycles. The number of likely N-dealkylation sites (tertiary alicyclic amines) is 1. The number of halogens is 1. The number of pyridine rings is 1. The highest BCUT2D eigenvalue weighted by molar-refractivity contribution is 5.87. The number of nitrogens with zero attached hydrogens (tertiary/aromatic N) is 4. The molecule has 1 aliphatic rings. The second-order valence-electron chi connectivity index (χ2n) is 6.38. The Kier molecular flexibility index (Phi) is 6.54. The number of hydrogen-bond acceptors (Lipinski definition) is 6. The van der Waals surface area contributed by atoms with E-state index in [0.717, 1.165) is 32.6 Å². The SMILES string of the molecule is CCOC(=O)/C=C/c1cnc(N[C@@H]2CCN(CCn3cccn3)C2)c(F)c1. The predicted molar refractivity (Wildman–Crippen MR) is 101 cm³/mol. The van der Waals surface area contributed by atoms with Crippen molar-refractivity contribution in [3.63, 3.8) is 0 Å². The molecule has 0 amide bonds. The lowest BCUT2D eigenvalue weighted by Crippen LogP contribution is -2.29. The van der Waals surface area contributed by atoms with Gasteiger partial charge in [-0.25, -0.2) is 14.2 Å². The molecule has 27 heavy (non-hydrogen) atoms. The van der Waals surface area contributed by atoms with Gasteiger partial charge in [0, 0.05) is 50.3 Å². The van der Waals surface area contributed by atoms with Gasteiger partial charge in [-0.1, -0.05) is 0 Å². The fourth-order valence-corrected chi connectivity index (χ4v) is 3.03. The summed E-state index contributed by atoms with van der Waals surface area (Å²) in [5, 5.41) is 7.38. The minimum Gasteiger partial charge on any atom is -0.463 e. The van der Waals surface area contributed by atoms with Gasteiger partial charge in [-0.2, -0.15) is 5.10 Å². The average molecular weight is 373 g/mol. The third kappa shape index (κ3) is 5.62. The van der Waals surface area contributed by atoms with Crippen molar-refractivity contribution in [1.82, 2.24) is 19.7 Å². The molecule has 2 aromatic rings. The number of hydrogen-bond donors (Lipinski definition) is 1. The van der Waals surface area contributed by atoms with Gasteiger partial charge >= 0.3 is 5.97 Å². The van der Waals surface area contributed by atoms with Gasteiger partial charge in [0.2, 0.25) is 0 Å². The zero-order valence-corrected chi connectivity index (χ0v) is 15.3. The fourth-order valence-electron chi connectivity index (χ4n) is 3.03. The van der Waals surface area contributed by atoms with E-state index in [1.165, 1.54) is 24.4 Å². The van der Waals surface area contributed by atoms with E-state index in [2.05, 4.69) is 20.3 Å². The first-order valence-electron chi connectivity index (χ1n) is 9.10. The smallest absolute Gasteiger partial charge is 0.330 e. The molecular formula is C19H24FN5O2. The zero-order chi connectivity index (χ0) is 19.1. The number of rotatable bonds is 8. The summed E-state index contributed by atoms with van der Waals surface area (Å²) in [7, 11) is 0. The van der Waals surface area contributed by atoms with Crippen LogP contribution in [0.5, 0.6) is 0 Å². The largest absolute Gasteiger partial charge is 0.463 e. The number of nitrogens with one attached hydrogen (secondary N) is 1. The Balaban J connectivity index is 1.50. The number of ether oxygens (including phenoxy) is 1. The average Bonchev–Trinajstić information content (AvgIpc) is 3.32. The highest BCUT2D eigenvalue weighted by atomic mass is 19.1. The number of aromatic nitrogens is 3. The topological polar surface area (TPSA) is 72.3 Å². The molecule has 144 valence electrons. The van der Waals surface area contributed by atoms with Crippen molar-refractivity contribution in [3.05, 3.63) is 48.2 Å². The van der Waals surface area contributed by atoms with Crippen molar-refractivity contribution in [1.29, 1.82) is 0 Å². The van der Waals surface area contributed by atoms with E-state index in [4.69, 9.17) is 4.74 Å². The third-order valence-corrected chi connectivity index (χ3v) is 4.38. The minimum atomic E-state index is -0.457. The van der Waals surface area contributed by atoms with E-state index in [1.807, 2.05) is 16.9 Å². The molecule has 0 bridgehead atoms. The van der Waals surface area contributed by atoms with Crippen LogP contribution in [-0.4, -0.2) is 57.9 Å². The van der Waals surface area contributed by atoms with E-state index < -0.39 is 11.8 Å². The molecule has 1 atom stereocenters. The summed E-state index contributed by atoms with van der Waals surface area (Å²) in [5.74, 6) is -0.653. The first-order valence-corrected chi connectivity index (χ1v) is 9.10. The number of carbonyl (C=O) groups excluding carboxylic acids is 1. The molecule has 0 radical (unpaired) electrons. The minimum absolute atomic E-state index is 0.158. The molecule has 3 heterocycles. The van der Waals surface area contributed by atoms with Crippen molar-refractivity contribution in [2.45, 2.75) is 25.9 Å². The monoisotopic (exact) mass is 373 g/mol. The molecule has 7 nitrogen and oxygen atoms in total. The van der Waals surface area contributed by atoms with Crippen LogP contribution in [0.3, 0.4) is 0 Å². The quantitative estimate of drug-likeness (QED) is 0.565. The van der Waals surface area contributed by atoms with Crippen molar-refractivity contribution >= 4 is 17.9 Å². The first kappa shape index (κ1) is 19.0. The van der Waals surface area contributed by atoms with Gasteiger partial charge in [-0.15, -0.1) is 0 Å². The van der Waals surface area contributed by atoms with E-state index in [-0.39, 0.29) is 11.9 Å². The molecule has 1 saturated heterocycles. The summed E-state index contributed by atoms with van der Waals surface area (Å²) in [6.07, 6.45) is 8.94. The van der Waals surface area contributed by atoms with E-state index in [9.17, 15) is 9.18 Å². The van der Waals surface area contributed by atoms with Crippen LogP contribution in [-0.2, 0) is 16.1 Å². The van der Waals surface area contributed by atoms with Crippen molar-refractivity contribution in [3.8, 4) is 0 Å². The van der Waals surface area contributed by atoms with Crippen LogP contribution in [0.2, 0.25) is 0 Å². The summed E-state index contributed by atoms with van der Waals surface area (Å²) in [4.78, 5) is 17.8. The number of carbonyl (C=O) groups is 1. The summed E-state index contributed by atoms with van der Waals surface area (Å²) in [6.45, 7) is 5.59. The second-order valence-corrected chi connectivity index (χ2v) is 6.38. The Labute approximate surface area is 157 Å². The van der Waals surface area contributed by atoms with E-state index in [1.54, 1.807) is 13.1 Å². The Morgan fingerprint density at radius 3 is 3.11 bits per heavy atom. The second kappa shape index (κ2) is 9.27. The van der Waals surface area contributed by atoms with Gasteiger partial charge in [0.05, 0.1) is 13.2 Å². The lowest BCUT2D eigenvalue weighted by Gasteiger charge is -2.17. The Hall–Kier alpha value is -2.74. The molecule has 2 aromatic heterocycles. The molecule has 0 saturated carbocycles. The summed E-state index contributed by atoms with van der Waals surface area (Å²) < 4.78 is 21.0. The highest BCUT2D eigenvalue weighted by Gasteiger charge is 2.23. The first-order chi connectivity index (χ1) is 13.1. The normalized spacial score (nSPS) is 17.5. The van der Waals surface area contributed by atoms with Crippen LogP contribution in [0.1, 0.15) is 18.9 Å². The molecule has 1 aliphatic heterocycles. The lowest BCUT2D eigenvalue weighted by atomic mass is 10.2. The summed E-state index contributed by atoms with van der Waals surface area (Å²) >= 11 is 0. The molecule has 0 spiro atoms. The van der Waals surface area contributed by atoms with E-state index in [0.29, 0.717) is 12.2 Å². The van der Waals surface area contributed by atoms with Gasteiger partial charge in [0.25, 0.3) is 0 Å². The molecule has 0 unspecified atom stereocenters. The maximum atomic E-state index is 14.3. The summed E-state index contributed by atoms with van der Waals surface area (Å²) in [5.41, 5.74) is 0.512. The Bertz CT molecular complexity index is 778. The standard InChI is InChI=1S/C19H24FN5O2/c1-2-27-18(26)5-4-15-12-17(20)19(21-13-15)23-16-6-9-24(14-16)10-11-25-8-3-7-22-25/h3-5,7-8,12-13,16H,2,6,9-11,14H2,1H3,(H,21,23)/b5-4+/t16-/m1/s1. The lowest BCUT2D eigenvalue weighted by molar-refractivity contribution is -0.137. The molecule has 8 heteroatoms. The third-order valence-electron chi connectivity index (χ3n) is 4.38. The Morgan fingerprint density at radius 2 is 2.37 bits per heavy atom. The zero-order valence-electron chi connectivity index (χ0n) is 15.3. The molecule has 3 rings (SSSR count). The van der Waals surface area contributed by atoms with Gasteiger partial charge in [-0.3, -0.25) is 9.58 Å². The molecular weight excluding hydrogens is 349 g/mol. The van der Waals surface area contributed by atoms with Crippen LogP contribution in [0.15, 0.2) is 36.8 Å². The van der Waals surface area contributed by atoms with Crippen LogP contribution >= 0.6 is 0 Å². The predicted octanol–water partition coefficient (Wildman–Crippen LogP) is 2.18. The van der Waals surface area contributed by atoms with Crippen molar-refractivity contribution in [2.24, 2.45) is 0 Å². The molecule has 0 aliphatic carbocycles. The van der Waals surface area contributed by atoms with Crippen molar-refractivity contribution < 1.29 is 13.9 Å². The van der Waals surface area contributed by atoms with Gasteiger partial charge in [0.15, 0.2) is 11.6 Å². The van der Waals surface area contributed by atoms with Crippen LogP contribution in [0.25, 0.3) is 6.08 Å². The molecule has 1 N–H and O–H groups in total. The van der Waals surface area contributed by atoms with E-state index >= 15 is 0 Å². The number of anilines is 1. The maximum absolute atomic E-state index is 14.3. The van der Waals surface area contributed by atoms with Crippen LogP contribution < -0.4 is 5.32 Å². The van der Waals surface area contributed by atoms with Gasteiger partial charge in [-0.05, 0) is 37.1 Å². The molecule has 1 fully saturated rings. The summed E-state index contributed by atoms with van der Waals surface area (Å²) in [6, 6.07) is 3.43. The highest BCUT2D eigenvalue weighted by Crippen LogP contribution is 2.18. The van der Waals surface area contributed by atoms with Crippen LogP contribution in [0, 0.1) is 5.82 Å². The Morgan fingerprint density at radius 1 is 1.48 bits per heavy atom. The van der Waals surface area contributed by atoms with Gasteiger partial charge < -0.3 is 10.1 Å². The fraction of sp³-hybridized carbons (Fsp3) is 0.421. The van der Waals surface area contributed by atoms with Gasteiger partial charge in [0.1, 0.15) is 0 Å². The van der Waals surface area contributed by atoms with Crippen LogP contribution in [0.4, 0.5) is 10.2 Å². The van der Waals surface area contributed by atoms with Crippen molar-refractivity contribution in [2.75, 3.05) is 31.6 Å².